The highest BCUT2D eigenvalue weighted by Gasteiger charge is 2.26. The van der Waals surface area contributed by atoms with E-state index in [9.17, 15) is 13.2 Å². The molecule has 1 amide bonds. The zero-order valence-electron chi connectivity index (χ0n) is 17.7. The molecule has 0 spiro atoms. The molecule has 0 aliphatic heterocycles. The van der Waals surface area contributed by atoms with Crippen molar-refractivity contribution in [2.75, 3.05) is 23.1 Å². The third-order valence-electron chi connectivity index (χ3n) is 4.69. The Labute approximate surface area is 202 Å². The third-order valence-corrected chi connectivity index (χ3v) is 8.04. The lowest BCUT2D eigenvalue weighted by Gasteiger charge is -2.24. The van der Waals surface area contributed by atoms with Gasteiger partial charge in [-0.2, -0.15) is 11.8 Å². The van der Waals surface area contributed by atoms with Gasteiger partial charge in [0.15, 0.2) is 0 Å². The summed E-state index contributed by atoms with van der Waals surface area (Å²) in [5, 5.41) is 2.84. The molecular weight excluding hydrogens is 508 g/mol. The predicted molar refractivity (Wildman–Crippen MR) is 135 cm³/mol. The average molecular weight is 534 g/mol. The summed E-state index contributed by atoms with van der Waals surface area (Å²) in [7, 11) is -3.88. The largest absolute Gasteiger partial charge is 0.354 e. The maximum atomic E-state index is 13.2. The fourth-order valence-electron chi connectivity index (χ4n) is 2.97. The van der Waals surface area contributed by atoms with Crippen molar-refractivity contribution in [3.8, 4) is 0 Å². The first kappa shape index (κ1) is 24.4. The Morgan fingerprint density at radius 2 is 1.62 bits per heavy atom. The number of nitrogens with one attached hydrogen (secondary N) is 1. The van der Waals surface area contributed by atoms with Crippen LogP contribution < -0.4 is 9.62 Å². The van der Waals surface area contributed by atoms with Crippen LogP contribution in [0.5, 0.6) is 0 Å². The lowest BCUT2D eigenvalue weighted by Crippen LogP contribution is -2.41. The van der Waals surface area contributed by atoms with Crippen molar-refractivity contribution in [1.82, 2.24) is 5.32 Å². The molecule has 0 aromatic heterocycles. The molecule has 3 aromatic rings. The van der Waals surface area contributed by atoms with E-state index in [0.717, 1.165) is 20.3 Å². The van der Waals surface area contributed by atoms with Gasteiger partial charge in [0.1, 0.15) is 6.54 Å². The van der Waals surface area contributed by atoms with E-state index in [-0.39, 0.29) is 17.3 Å². The van der Waals surface area contributed by atoms with E-state index in [0.29, 0.717) is 12.2 Å². The number of halogens is 1. The molecule has 168 valence electrons. The van der Waals surface area contributed by atoms with Gasteiger partial charge in [0.25, 0.3) is 10.0 Å². The van der Waals surface area contributed by atoms with Crippen LogP contribution in [0.3, 0.4) is 0 Å². The molecular formula is C24H25BrN2O3S2. The second-order valence-corrected chi connectivity index (χ2v) is 11.1. The van der Waals surface area contributed by atoms with Gasteiger partial charge in [-0.3, -0.25) is 9.10 Å². The van der Waals surface area contributed by atoms with Crippen LogP contribution in [0.4, 0.5) is 5.69 Å². The Balaban J connectivity index is 1.61. The van der Waals surface area contributed by atoms with Crippen molar-refractivity contribution in [2.24, 2.45) is 0 Å². The summed E-state index contributed by atoms with van der Waals surface area (Å²) < 4.78 is 28.5. The normalized spacial score (nSPS) is 11.2. The molecule has 0 atom stereocenters. The molecule has 0 bridgehead atoms. The molecule has 0 unspecified atom stereocenters. The minimum atomic E-state index is -3.88. The molecule has 0 heterocycles. The number of benzene rings is 3. The molecule has 0 fully saturated rings. The second kappa shape index (κ2) is 11.5. The van der Waals surface area contributed by atoms with E-state index in [4.69, 9.17) is 0 Å². The van der Waals surface area contributed by atoms with E-state index < -0.39 is 10.0 Å². The van der Waals surface area contributed by atoms with Crippen LogP contribution in [0, 0.1) is 6.92 Å². The van der Waals surface area contributed by atoms with Crippen LogP contribution in [0.2, 0.25) is 0 Å². The lowest BCUT2D eigenvalue weighted by atomic mass is 10.2. The number of hydrogen-bond acceptors (Lipinski definition) is 4. The maximum absolute atomic E-state index is 13.2. The molecule has 0 saturated carbocycles. The Hall–Kier alpha value is -2.29. The Morgan fingerprint density at radius 3 is 2.28 bits per heavy atom. The SMILES string of the molecule is Cc1ccc(CSCCNC(=O)CN(c2ccc(Br)cc2)S(=O)(=O)c2ccccc2)cc1. The van der Waals surface area contributed by atoms with Crippen molar-refractivity contribution in [3.05, 3.63) is 94.5 Å². The monoisotopic (exact) mass is 532 g/mol. The van der Waals surface area contributed by atoms with Gasteiger partial charge in [0, 0.05) is 22.5 Å². The van der Waals surface area contributed by atoms with E-state index in [1.54, 1.807) is 54.2 Å². The van der Waals surface area contributed by atoms with Gasteiger partial charge < -0.3 is 5.32 Å². The molecule has 32 heavy (non-hydrogen) atoms. The summed E-state index contributed by atoms with van der Waals surface area (Å²) in [5.41, 5.74) is 2.90. The molecule has 5 nitrogen and oxygen atoms in total. The number of carbonyl (C=O) groups is 1. The quantitative estimate of drug-likeness (QED) is 0.373. The number of amides is 1. The molecule has 3 aromatic carbocycles. The smallest absolute Gasteiger partial charge is 0.264 e. The number of hydrogen-bond donors (Lipinski definition) is 1. The van der Waals surface area contributed by atoms with E-state index in [2.05, 4.69) is 52.4 Å². The number of anilines is 1. The number of aryl methyl sites for hydroxylation is 1. The highest BCUT2D eigenvalue weighted by molar-refractivity contribution is 9.10. The van der Waals surface area contributed by atoms with Gasteiger partial charge in [-0.05, 0) is 48.9 Å². The van der Waals surface area contributed by atoms with Gasteiger partial charge >= 0.3 is 0 Å². The average Bonchev–Trinajstić information content (AvgIpc) is 2.80. The predicted octanol–water partition coefficient (Wildman–Crippen LogP) is 5.00. The van der Waals surface area contributed by atoms with Crippen LogP contribution in [0.1, 0.15) is 11.1 Å². The van der Waals surface area contributed by atoms with Gasteiger partial charge in [-0.1, -0.05) is 64.0 Å². The molecule has 0 saturated heterocycles. The van der Waals surface area contributed by atoms with Gasteiger partial charge in [0.2, 0.25) is 5.91 Å². The summed E-state index contributed by atoms with van der Waals surface area (Å²) in [4.78, 5) is 12.7. The molecule has 0 aliphatic carbocycles. The Morgan fingerprint density at radius 1 is 0.969 bits per heavy atom. The summed E-state index contributed by atoms with van der Waals surface area (Å²) in [5.74, 6) is 1.26. The minimum Gasteiger partial charge on any atom is -0.354 e. The van der Waals surface area contributed by atoms with Crippen molar-refractivity contribution < 1.29 is 13.2 Å². The summed E-state index contributed by atoms with van der Waals surface area (Å²) in [6, 6.07) is 23.4. The number of thioether (sulfide) groups is 1. The van der Waals surface area contributed by atoms with Crippen LogP contribution in [0.25, 0.3) is 0 Å². The molecule has 0 radical (unpaired) electrons. The van der Waals surface area contributed by atoms with Gasteiger partial charge in [0.05, 0.1) is 10.6 Å². The van der Waals surface area contributed by atoms with Crippen molar-refractivity contribution in [1.29, 1.82) is 0 Å². The second-order valence-electron chi connectivity index (χ2n) is 7.19. The van der Waals surface area contributed by atoms with Gasteiger partial charge in [-0.25, -0.2) is 8.42 Å². The zero-order valence-corrected chi connectivity index (χ0v) is 20.9. The third kappa shape index (κ3) is 6.85. The first-order valence-corrected chi connectivity index (χ1v) is 13.5. The Kier molecular flexibility index (Phi) is 8.78. The van der Waals surface area contributed by atoms with Crippen LogP contribution >= 0.6 is 27.7 Å². The van der Waals surface area contributed by atoms with Crippen molar-refractivity contribution in [2.45, 2.75) is 17.6 Å². The van der Waals surface area contributed by atoms with Crippen molar-refractivity contribution in [3.63, 3.8) is 0 Å². The number of carbonyl (C=O) groups excluding carboxylic acids is 1. The molecule has 8 heteroatoms. The zero-order chi connectivity index (χ0) is 23.0. The first-order valence-electron chi connectivity index (χ1n) is 10.1. The fraction of sp³-hybridized carbons (Fsp3) is 0.208. The van der Waals surface area contributed by atoms with E-state index in [1.165, 1.54) is 23.3 Å². The molecule has 3 rings (SSSR count). The number of sulfonamides is 1. The summed E-state index contributed by atoms with van der Waals surface area (Å²) in [6.07, 6.45) is 0. The highest BCUT2D eigenvalue weighted by Crippen LogP contribution is 2.25. The highest BCUT2D eigenvalue weighted by atomic mass is 79.9. The van der Waals surface area contributed by atoms with Gasteiger partial charge in [-0.15, -0.1) is 0 Å². The minimum absolute atomic E-state index is 0.143. The summed E-state index contributed by atoms with van der Waals surface area (Å²) in [6.45, 7) is 2.23. The fourth-order valence-corrected chi connectivity index (χ4v) is 5.49. The summed E-state index contributed by atoms with van der Waals surface area (Å²) >= 11 is 5.08. The first-order chi connectivity index (χ1) is 15.4. The number of rotatable bonds is 10. The topological polar surface area (TPSA) is 66.5 Å². The Bertz CT molecular complexity index is 1120. The molecule has 0 aliphatic rings. The van der Waals surface area contributed by atoms with Crippen LogP contribution in [0.15, 0.2) is 88.2 Å². The van der Waals surface area contributed by atoms with E-state index >= 15 is 0 Å². The van der Waals surface area contributed by atoms with Crippen LogP contribution in [-0.2, 0) is 20.6 Å². The van der Waals surface area contributed by atoms with Crippen LogP contribution in [-0.4, -0.2) is 33.2 Å². The molecule has 1 N–H and O–H groups in total. The standard InChI is InChI=1S/C24H25BrN2O3S2/c1-19-7-9-20(10-8-19)18-31-16-15-26-24(28)17-27(22-13-11-21(25)12-14-22)32(29,30)23-5-3-2-4-6-23/h2-14H,15-18H2,1H3,(H,26,28). The number of nitrogens with zero attached hydrogens (tertiary/aromatic N) is 1. The lowest BCUT2D eigenvalue weighted by molar-refractivity contribution is -0.119. The van der Waals surface area contributed by atoms with E-state index in [1.807, 2.05) is 0 Å². The van der Waals surface area contributed by atoms with Crippen molar-refractivity contribution >= 4 is 49.3 Å². The maximum Gasteiger partial charge on any atom is 0.264 e.